The van der Waals surface area contributed by atoms with Gasteiger partial charge in [0.25, 0.3) is 0 Å². The first-order valence-corrected chi connectivity index (χ1v) is 6.20. The third kappa shape index (κ3) is 2.74. The Hall–Kier alpha value is -2.11. The first kappa shape index (κ1) is 14.3. The molecular weight excluding hydrogens is 260 g/mol. The topological polar surface area (TPSA) is 76.0 Å². The molecule has 2 N–H and O–H groups in total. The quantitative estimate of drug-likeness (QED) is 0.843. The summed E-state index contributed by atoms with van der Waals surface area (Å²) in [6.07, 6.45) is -1.11. The Labute approximate surface area is 116 Å². The van der Waals surface area contributed by atoms with Crippen LogP contribution in [0.3, 0.4) is 0 Å². The van der Waals surface area contributed by atoms with Crippen LogP contribution in [0.2, 0.25) is 0 Å². The average Bonchev–Trinajstić information content (AvgIpc) is 2.47. The lowest BCUT2D eigenvalue weighted by atomic mass is 9.99. The van der Waals surface area contributed by atoms with Crippen LogP contribution in [0.15, 0.2) is 36.4 Å². The molecule has 5 heteroatoms. The Morgan fingerprint density at radius 3 is 2.50 bits per heavy atom. The van der Waals surface area contributed by atoms with E-state index in [0.717, 1.165) is 10.8 Å². The fourth-order valence-electron chi connectivity index (χ4n) is 2.17. The molecule has 1 atom stereocenters. The van der Waals surface area contributed by atoms with Crippen molar-refractivity contribution in [3.8, 4) is 5.75 Å². The van der Waals surface area contributed by atoms with E-state index in [2.05, 4.69) is 0 Å². The molecule has 0 saturated carbocycles. The zero-order chi connectivity index (χ0) is 14.5. The summed E-state index contributed by atoms with van der Waals surface area (Å²) in [5, 5.41) is 19.7. The highest BCUT2D eigenvalue weighted by Crippen LogP contribution is 2.32. The Bertz CT molecular complexity index is 608. The fourth-order valence-corrected chi connectivity index (χ4v) is 2.17. The van der Waals surface area contributed by atoms with Gasteiger partial charge in [-0.3, -0.25) is 0 Å². The number of rotatable bonds is 6. The zero-order valence-corrected chi connectivity index (χ0v) is 11.1. The highest BCUT2D eigenvalue weighted by atomic mass is 16.5. The summed E-state index contributed by atoms with van der Waals surface area (Å²) in [4.78, 5) is 11.4. The van der Waals surface area contributed by atoms with Crippen molar-refractivity contribution in [1.82, 2.24) is 0 Å². The molecule has 0 heterocycles. The van der Waals surface area contributed by atoms with Crippen LogP contribution < -0.4 is 4.74 Å². The maximum Gasteiger partial charge on any atom is 0.337 e. The molecule has 0 bridgehead atoms. The van der Waals surface area contributed by atoms with Gasteiger partial charge in [-0.05, 0) is 11.5 Å². The van der Waals surface area contributed by atoms with Crippen molar-refractivity contribution in [3.63, 3.8) is 0 Å². The second-order valence-corrected chi connectivity index (χ2v) is 4.22. The number of aliphatic hydroxyl groups excluding tert-OH is 1. The monoisotopic (exact) mass is 276 g/mol. The number of hydrogen-bond donors (Lipinski definition) is 2. The minimum atomic E-state index is -1.11. The van der Waals surface area contributed by atoms with E-state index in [9.17, 15) is 9.90 Å². The lowest BCUT2D eigenvalue weighted by Gasteiger charge is -2.17. The van der Waals surface area contributed by atoms with Gasteiger partial charge in [0, 0.05) is 10.9 Å². The van der Waals surface area contributed by atoms with E-state index in [-0.39, 0.29) is 13.2 Å². The summed E-state index contributed by atoms with van der Waals surface area (Å²) < 4.78 is 10.5. The third-order valence-corrected chi connectivity index (χ3v) is 3.02. The molecule has 2 aromatic rings. The van der Waals surface area contributed by atoms with E-state index in [0.29, 0.717) is 11.3 Å². The smallest absolute Gasteiger partial charge is 0.337 e. The van der Waals surface area contributed by atoms with Gasteiger partial charge in [-0.25, -0.2) is 4.79 Å². The Morgan fingerprint density at radius 2 is 1.90 bits per heavy atom. The molecule has 0 aliphatic heterocycles. The van der Waals surface area contributed by atoms with Crippen LogP contribution >= 0.6 is 0 Å². The Balaban J connectivity index is 2.55. The van der Waals surface area contributed by atoms with E-state index >= 15 is 0 Å². The number of carboxylic acid groups (broad SMARTS) is 1. The molecule has 0 spiro atoms. The molecule has 5 nitrogen and oxygen atoms in total. The zero-order valence-electron chi connectivity index (χ0n) is 11.1. The SMILES string of the molecule is COc1ccc(C(OCCO)C(=O)O)c2ccccc12. The van der Waals surface area contributed by atoms with Crippen LogP contribution in [0.4, 0.5) is 0 Å². The summed E-state index contributed by atoms with van der Waals surface area (Å²) in [5.41, 5.74) is 0.544. The summed E-state index contributed by atoms with van der Waals surface area (Å²) >= 11 is 0. The van der Waals surface area contributed by atoms with Crippen molar-refractivity contribution in [2.24, 2.45) is 0 Å². The number of aliphatic carboxylic acids is 1. The van der Waals surface area contributed by atoms with Gasteiger partial charge < -0.3 is 19.7 Å². The Morgan fingerprint density at radius 1 is 1.20 bits per heavy atom. The van der Waals surface area contributed by atoms with Gasteiger partial charge in [0.1, 0.15) is 5.75 Å². The van der Waals surface area contributed by atoms with Crippen molar-refractivity contribution < 1.29 is 24.5 Å². The van der Waals surface area contributed by atoms with Gasteiger partial charge >= 0.3 is 5.97 Å². The normalized spacial score (nSPS) is 12.3. The van der Waals surface area contributed by atoms with Crippen LogP contribution in [-0.2, 0) is 9.53 Å². The molecule has 20 heavy (non-hydrogen) atoms. The van der Waals surface area contributed by atoms with E-state index in [1.54, 1.807) is 19.2 Å². The standard InChI is InChI=1S/C15H16O5/c1-19-13-7-6-12(10-4-2-3-5-11(10)13)14(15(17)18)20-9-8-16/h2-7,14,16H,8-9H2,1H3,(H,17,18). The Kier molecular flexibility index (Phi) is 4.55. The summed E-state index contributed by atoms with van der Waals surface area (Å²) in [6, 6.07) is 10.8. The molecule has 1 unspecified atom stereocenters. The van der Waals surface area contributed by atoms with Gasteiger partial charge in [-0.1, -0.05) is 30.3 Å². The first-order valence-electron chi connectivity index (χ1n) is 6.20. The number of ether oxygens (including phenoxy) is 2. The molecule has 0 amide bonds. The molecule has 106 valence electrons. The van der Waals surface area contributed by atoms with Crippen LogP contribution in [0.5, 0.6) is 5.75 Å². The lowest BCUT2D eigenvalue weighted by Crippen LogP contribution is -2.17. The van der Waals surface area contributed by atoms with Crippen LogP contribution in [-0.4, -0.2) is 36.5 Å². The molecule has 0 radical (unpaired) electrons. The minimum absolute atomic E-state index is 0.0304. The summed E-state index contributed by atoms with van der Waals surface area (Å²) in [5.74, 6) is -0.413. The van der Waals surface area contributed by atoms with Crippen molar-refractivity contribution >= 4 is 16.7 Å². The molecule has 0 fully saturated rings. The van der Waals surface area contributed by atoms with Gasteiger partial charge in [0.05, 0.1) is 20.3 Å². The number of carbonyl (C=O) groups is 1. The van der Waals surface area contributed by atoms with E-state index in [4.69, 9.17) is 14.6 Å². The maximum absolute atomic E-state index is 11.4. The second-order valence-electron chi connectivity index (χ2n) is 4.22. The molecule has 0 aromatic heterocycles. The lowest BCUT2D eigenvalue weighted by molar-refractivity contribution is -0.151. The number of fused-ring (bicyclic) bond motifs is 1. The van der Waals surface area contributed by atoms with E-state index < -0.39 is 12.1 Å². The molecule has 2 rings (SSSR count). The number of benzene rings is 2. The minimum Gasteiger partial charge on any atom is -0.496 e. The molecule has 2 aromatic carbocycles. The van der Waals surface area contributed by atoms with Gasteiger partial charge in [0.2, 0.25) is 0 Å². The maximum atomic E-state index is 11.4. The molecular formula is C15H16O5. The largest absolute Gasteiger partial charge is 0.496 e. The van der Waals surface area contributed by atoms with E-state index in [1.807, 2.05) is 24.3 Å². The van der Waals surface area contributed by atoms with Crippen molar-refractivity contribution in [1.29, 1.82) is 0 Å². The predicted molar refractivity (Wildman–Crippen MR) is 73.9 cm³/mol. The van der Waals surface area contributed by atoms with Gasteiger partial charge in [-0.15, -0.1) is 0 Å². The third-order valence-electron chi connectivity index (χ3n) is 3.02. The van der Waals surface area contributed by atoms with Gasteiger partial charge in [-0.2, -0.15) is 0 Å². The number of methoxy groups -OCH3 is 1. The van der Waals surface area contributed by atoms with E-state index in [1.165, 1.54) is 0 Å². The van der Waals surface area contributed by atoms with Crippen LogP contribution in [0.25, 0.3) is 10.8 Å². The first-order chi connectivity index (χ1) is 9.69. The number of hydrogen-bond acceptors (Lipinski definition) is 4. The second kappa shape index (κ2) is 6.36. The van der Waals surface area contributed by atoms with Crippen molar-refractivity contribution in [2.45, 2.75) is 6.10 Å². The fraction of sp³-hybridized carbons (Fsp3) is 0.267. The van der Waals surface area contributed by atoms with Gasteiger partial charge in [0.15, 0.2) is 6.10 Å². The predicted octanol–water partition coefficient (Wildman–Crippen LogP) is 1.98. The van der Waals surface area contributed by atoms with Crippen molar-refractivity contribution in [2.75, 3.05) is 20.3 Å². The molecule has 0 aliphatic carbocycles. The number of aliphatic hydroxyl groups is 1. The average molecular weight is 276 g/mol. The molecule has 0 saturated heterocycles. The summed E-state index contributed by atoms with van der Waals surface area (Å²) in [7, 11) is 1.57. The van der Waals surface area contributed by atoms with Crippen LogP contribution in [0, 0.1) is 0 Å². The number of carboxylic acids is 1. The highest BCUT2D eigenvalue weighted by Gasteiger charge is 2.23. The van der Waals surface area contributed by atoms with Crippen molar-refractivity contribution in [3.05, 3.63) is 42.0 Å². The summed E-state index contributed by atoms with van der Waals surface area (Å²) in [6.45, 7) is -0.255. The highest BCUT2D eigenvalue weighted by molar-refractivity contribution is 5.94. The van der Waals surface area contributed by atoms with Crippen LogP contribution in [0.1, 0.15) is 11.7 Å². The molecule has 0 aliphatic rings.